The molecule has 0 unspecified atom stereocenters. The van der Waals surface area contributed by atoms with Crippen molar-refractivity contribution in [1.82, 2.24) is 10.6 Å². The van der Waals surface area contributed by atoms with E-state index < -0.39 is 33.7 Å². The summed E-state index contributed by atoms with van der Waals surface area (Å²) in [6.07, 6.45) is 0. The van der Waals surface area contributed by atoms with Crippen LogP contribution in [0.1, 0.15) is 35.8 Å². The summed E-state index contributed by atoms with van der Waals surface area (Å²) in [5, 5.41) is 5.53. The molecule has 0 aromatic heterocycles. The molecule has 0 saturated heterocycles. The zero-order valence-corrected chi connectivity index (χ0v) is 18.7. The number of ether oxygens (including phenoxy) is 2. The van der Waals surface area contributed by atoms with Gasteiger partial charge in [0.25, 0.3) is 5.91 Å². The molecule has 1 aliphatic rings. The van der Waals surface area contributed by atoms with E-state index in [-0.39, 0.29) is 22.1 Å². The van der Waals surface area contributed by atoms with E-state index in [0.717, 1.165) is 0 Å². The minimum Gasteiger partial charge on any atom is -0.497 e. The molecule has 1 heterocycles. The Morgan fingerprint density at radius 3 is 2.23 bits per heavy atom. The zero-order valence-electron chi connectivity index (χ0n) is 17.8. The van der Waals surface area contributed by atoms with Gasteiger partial charge in [-0.3, -0.25) is 9.59 Å². The molecule has 2 aromatic carbocycles. The van der Waals surface area contributed by atoms with E-state index >= 15 is 0 Å². The Morgan fingerprint density at radius 1 is 1.03 bits per heavy atom. The summed E-state index contributed by atoms with van der Waals surface area (Å²) < 4.78 is 35.2. The van der Waals surface area contributed by atoms with Gasteiger partial charge in [-0.1, -0.05) is 32.0 Å². The molecule has 1 aliphatic heterocycles. The third-order valence-electron chi connectivity index (χ3n) is 5.18. The van der Waals surface area contributed by atoms with E-state index in [2.05, 4.69) is 10.6 Å². The van der Waals surface area contributed by atoms with Crippen molar-refractivity contribution in [3.05, 3.63) is 53.6 Å². The summed E-state index contributed by atoms with van der Waals surface area (Å²) in [5.41, 5.74) is 0.839. The molecule has 8 nitrogen and oxygen atoms in total. The molecule has 3 rings (SSSR count). The molecule has 2 N–H and O–H groups in total. The van der Waals surface area contributed by atoms with Gasteiger partial charge in [0.1, 0.15) is 17.5 Å². The quantitative estimate of drug-likeness (QED) is 0.674. The Hall–Kier alpha value is -3.07. The fraction of sp³-hybridized carbons (Fsp3) is 0.364. The first kappa shape index (κ1) is 22.6. The molecule has 0 aliphatic carbocycles. The Morgan fingerprint density at radius 2 is 1.65 bits per heavy atom. The molecule has 2 aromatic rings. The van der Waals surface area contributed by atoms with Crippen molar-refractivity contribution in [3.8, 4) is 11.5 Å². The van der Waals surface area contributed by atoms with Crippen LogP contribution in [-0.2, 0) is 14.6 Å². The fourth-order valence-corrected chi connectivity index (χ4v) is 5.27. The highest BCUT2D eigenvalue weighted by atomic mass is 32.2. The van der Waals surface area contributed by atoms with Gasteiger partial charge in [0.2, 0.25) is 5.91 Å². The molecule has 31 heavy (non-hydrogen) atoms. The Labute approximate surface area is 181 Å². The van der Waals surface area contributed by atoms with Crippen LogP contribution in [0, 0.1) is 5.92 Å². The molecule has 0 bridgehead atoms. The molecule has 9 heteroatoms. The number of nitrogens with one attached hydrogen (secondary N) is 2. The standard InChI is InChI=1S/C22H26N2O6S/c1-13(2)20(24-21(25)14-9-15(29-3)11-16(10-14)30-4)22(26)23-18-12-31(27,28)19-8-6-5-7-17(18)19/h5-11,13,18,20H,12H2,1-4H3,(H,23,26)(H,24,25)/t18-,20-/m0/s1. The third kappa shape index (κ3) is 4.82. The summed E-state index contributed by atoms with van der Waals surface area (Å²) >= 11 is 0. The zero-order chi connectivity index (χ0) is 22.8. The molecular formula is C22H26N2O6S. The molecule has 2 amide bonds. The number of sulfone groups is 1. The van der Waals surface area contributed by atoms with Crippen LogP contribution in [0.25, 0.3) is 0 Å². The predicted molar refractivity (Wildman–Crippen MR) is 115 cm³/mol. The predicted octanol–water partition coefficient (Wildman–Crippen LogP) is 2.10. The van der Waals surface area contributed by atoms with Crippen LogP contribution in [0.3, 0.4) is 0 Å². The topological polar surface area (TPSA) is 111 Å². The van der Waals surface area contributed by atoms with Crippen LogP contribution in [0.5, 0.6) is 11.5 Å². The molecule has 0 saturated carbocycles. The number of carbonyl (C=O) groups excluding carboxylic acids is 2. The maximum absolute atomic E-state index is 13.0. The number of methoxy groups -OCH3 is 2. The van der Waals surface area contributed by atoms with Crippen molar-refractivity contribution < 1.29 is 27.5 Å². The van der Waals surface area contributed by atoms with E-state index in [0.29, 0.717) is 17.1 Å². The minimum atomic E-state index is -3.46. The molecular weight excluding hydrogens is 420 g/mol. The lowest BCUT2D eigenvalue weighted by atomic mass is 10.0. The summed E-state index contributed by atoms with van der Waals surface area (Å²) in [6.45, 7) is 3.60. The van der Waals surface area contributed by atoms with Crippen LogP contribution in [0.15, 0.2) is 47.4 Å². The smallest absolute Gasteiger partial charge is 0.252 e. The first-order chi connectivity index (χ1) is 14.7. The van der Waals surface area contributed by atoms with Gasteiger partial charge in [0.05, 0.1) is 30.9 Å². The Kier molecular flexibility index (Phi) is 6.54. The van der Waals surface area contributed by atoms with Crippen molar-refractivity contribution >= 4 is 21.7 Å². The average molecular weight is 447 g/mol. The molecule has 166 valence electrons. The van der Waals surface area contributed by atoms with Gasteiger partial charge in [0, 0.05) is 11.6 Å². The SMILES string of the molecule is COc1cc(OC)cc(C(=O)N[C@H](C(=O)N[C@H]2CS(=O)(=O)c3ccccc32)C(C)C)c1. The van der Waals surface area contributed by atoms with Gasteiger partial charge < -0.3 is 20.1 Å². The first-order valence-electron chi connectivity index (χ1n) is 9.82. The van der Waals surface area contributed by atoms with Gasteiger partial charge in [0.15, 0.2) is 9.84 Å². The van der Waals surface area contributed by atoms with Crippen LogP contribution >= 0.6 is 0 Å². The van der Waals surface area contributed by atoms with Crippen molar-refractivity contribution in [2.45, 2.75) is 30.8 Å². The van der Waals surface area contributed by atoms with Crippen molar-refractivity contribution in [3.63, 3.8) is 0 Å². The Bertz CT molecular complexity index is 1070. The van der Waals surface area contributed by atoms with Crippen molar-refractivity contribution in [2.75, 3.05) is 20.0 Å². The number of carbonyl (C=O) groups is 2. The van der Waals surface area contributed by atoms with Crippen molar-refractivity contribution in [2.24, 2.45) is 5.92 Å². The summed E-state index contributed by atoms with van der Waals surface area (Å²) in [7, 11) is -0.497. The monoisotopic (exact) mass is 446 g/mol. The summed E-state index contributed by atoms with van der Waals surface area (Å²) in [6, 6.07) is 9.83. The largest absolute Gasteiger partial charge is 0.497 e. The number of benzene rings is 2. The maximum Gasteiger partial charge on any atom is 0.252 e. The van der Waals surface area contributed by atoms with Crippen LogP contribution in [0.4, 0.5) is 0 Å². The number of amides is 2. The van der Waals surface area contributed by atoms with Crippen LogP contribution in [-0.4, -0.2) is 46.2 Å². The third-order valence-corrected chi connectivity index (χ3v) is 7.00. The molecule has 2 atom stereocenters. The number of hydrogen-bond acceptors (Lipinski definition) is 6. The normalized spacial score (nSPS) is 17.5. The van der Waals surface area contributed by atoms with Crippen LogP contribution in [0.2, 0.25) is 0 Å². The fourth-order valence-electron chi connectivity index (χ4n) is 3.53. The van der Waals surface area contributed by atoms with Crippen molar-refractivity contribution in [1.29, 1.82) is 0 Å². The van der Waals surface area contributed by atoms with Gasteiger partial charge in [-0.25, -0.2) is 8.42 Å². The highest BCUT2D eigenvalue weighted by Crippen LogP contribution is 2.33. The highest BCUT2D eigenvalue weighted by molar-refractivity contribution is 7.91. The van der Waals surface area contributed by atoms with Gasteiger partial charge >= 0.3 is 0 Å². The maximum atomic E-state index is 13.0. The molecule has 0 spiro atoms. The molecule has 0 fully saturated rings. The van der Waals surface area contributed by atoms with E-state index in [1.165, 1.54) is 20.3 Å². The van der Waals surface area contributed by atoms with Gasteiger partial charge in [-0.05, 0) is 29.7 Å². The number of rotatable bonds is 7. The van der Waals surface area contributed by atoms with Crippen LogP contribution < -0.4 is 20.1 Å². The molecule has 0 radical (unpaired) electrons. The summed E-state index contributed by atoms with van der Waals surface area (Å²) in [4.78, 5) is 26.1. The minimum absolute atomic E-state index is 0.204. The van der Waals surface area contributed by atoms with E-state index in [4.69, 9.17) is 9.47 Å². The highest BCUT2D eigenvalue weighted by Gasteiger charge is 2.37. The second kappa shape index (κ2) is 8.97. The lowest BCUT2D eigenvalue weighted by Crippen LogP contribution is -2.50. The van der Waals surface area contributed by atoms with Gasteiger partial charge in [-0.2, -0.15) is 0 Å². The lowest BCUT2D eigenvalue weighted by molar-refractivity contribution is -0.124. The van der Waals surface area contributed by atoms with E-state index in [1.807, 2.05) is 0 Å². The first-order valence-corrected chi connectivity index (χ1v) is 11.5. The summed E-state index contributed by atoms with van der Waals surface area (Å²) in [5.74, 6) is -0.458. The number of hydrogen-bond donors (Lipinski definition) is 2. The van der Waals surface area contributed by atoms with E-state index in [9.17, 15) is 18.0 Å². The van der Waals surface area contributed by atoms with E-state index in [1.54, 1.807) is 50.2 Å². The van der Waals surface area contributed by atoms with Gasteiger partial charge in [-0.15, -0.1) is 0 Å². The second-order valence-corrected chi connectivity index (χ2v) is 9.68. The number of fused-ring (bicyclic) bond motifs is 1. The average Bonchev–Trinajstić information content (AvgIpc) is 3.01. The second-order valence-electron chi connectivity index (χ2n) is 7.68. The Balaban J connectivity index is 1.79. The lowest BCUT2D eigenvalue weighted by Gasteiger charge is -2.24.